The largest absolute Gasteiger partial charge is 0.478 e. The Hall–Kier alpha value is -1.55. The van der Waals surface area contributed by atoms with Crippen molar-refractivity contribution in [3.05, 3.63) is 28.8 Å². The molecule has 0 bridgehead atoms. The van der Waals surface area contributed by atoms with E-state index < -0.39 is 5.97 Å². The third-order valence-corrected chi connectivity index (χ3v) is 4.50. The van der Waals surface area contributed by atoms with E-state index in [1.165, 1.54) is 12.1 Å². The normalized spacial score (nSPS) is 16.9. The van der Waals surface area contributed by atoms with Crippen molar-refractivity contribution in [3.63, 3.8) is 0 Å². The molecule has 0 saturated heterocycles. The molecule has 1 fully saturated rings. The number of halogens is 1. The van der Waals surface area contributed by atoms with Crippen molar-refractivity contribution >= 4 is 29.2 Å². The van der Waals surface area contributed by atoms with Crippen LogP contribution in [0.25, 0.3) is 0 Å². The first-order chi connectivity index (χ1) is 9.48. The number of carbonyl (C=O) groups is 2. The Morgan fingerprint density at radius 1 is 1.35 bits per heavy atom. The van der Waals surface area contributed by atoms with Crippen molar-refractivity contribution in [3.8, 4) is 0 Å². The molecule has 0 aliphatic heterocycles. The third-order valence-electron chi connectivity index (χ3n) is 4.17. The number of amides is 1. The van der Waals surface area contributed by atoms with Crippen molar-refractivity contribution in [2.75, 3.05) is 5.32 Å². The summed E-state index contributed by atoms with van der Waals surface area (Å²) in [6.45, 7) is 2.02. The predicted molar refractivity (Wildman–Crippen MR) is 78.2 cm³/mol. The molecule has 1 aliphatic carbocycles. The molecule has 2 rings (SSSR count). The first kappa shape index (κ1) is 14.9. The molecule has 0 aromatic heterocycles. The standard InChI is InChI=1S/C15H18ClNO3/c1-2-15(7-3-4-8-15)14(20)17-10-5-6-12(16)11(9-10)13(18)19/h5-6,9H,2-4,7-8H2,1H3,(H,17,20)(H,18,19). The number of benzene rings is 1. The molecule has 1 amide bonds. The zero-order valence-corrected chi connectivity index (χ0v) is 12.2. The molecular formula is C15H18ClNO3. The van der Waals surface area contributed by atoms with Gasteiger partial charge in [-0.1, -0.05) is 31.4 Å². The molecule has 0 radical (unpaired) electrons. The summed E-state index contributed by atoms with van der Waals surface area (Å²) in [7, 11) is 0. The number of hydrogen-bond acceptors (Lipinski definition) is 2. The maximum Gasteiger partial charge on any atom is 0.337 e. The molecule has 5 heteroatoms. The Morgan fingerprint density at radius 3 is 2.55 bits per heavy atom. The fraction of sp³-hybridized carbons (Fsp3) is 0.467. The van der Waals surface area contributed by atoms with E-state index in [2.05, 4.69) is 5.32 Å². The lowest BCUT2D eigenvalue weighted by Crippen LogP contribution is -2.33. The van der Waals surface area contributed by atoms with Gasteiger partial charge in [0.1, 0.15) is 0 Å². The molecule has 1 aliphatic rings. The lowest BCUT2D eigenvalue weighted by atomic mass is 9.82. The fourth-order valence-electron chi connectivity index (χ4n) is 2.82. The number of carboxylic acids is 1. The summed E-state index contributed by atoms with van der Waals surface area (Å²) in [5, 5.41) is 12.0. The van der Waals surface area contributed by atoms with Crippen molar-refractivity contribution in [2.24, 2.45) is 5.41 Å². The highest BCUT2D eigenvalue weighted by atomic mass is 35.5. The van der Waals surface area contributed by atoms with Crippen molar-refractivity contribution in [1.29, 1.82) is 0 Å². The van der Waals surface area contributed by atoms with Crippen LogP contribution in [0.3, 0.4) is 0 Å². The third kappa shape index (κ3) is 2.80. The van der Waals surface area contributed by atoms with Gasteiger partial charge in [0.15, 0.2) is 0 Å². The van der Waals surface area contributed by atoms with E-state index in [1.807, 2.05) is 6.92 Å². The topological polar surface area (TPSA) is 66.4 Å². The van der Waals surface area contributed by atoms with Crippen LogP contribution in [0.4, 0.5) is 5.69 Å². The number of nitrogens with one attached hydrogen (secondary N) is 1. The first-order valence-electron chi connectivity index (χ1n) is 6.83. The Bertz CT molecular complexity index is 536. The lowest BCUT2D eigenvalue weighted by Gasteiger charge is -2.26. The molecule has 0 heterocycles. The highest BCUT2D eigenvalue weighted by molar-refractivity contribution is 6.33. The summed E-state index contributed by atoms with van der Waals surface area (Å²) in [6, 6.07) is 4.53. The zero-order valence-electron chi connectivity index (χ0n) is 11.4. The summed E-state index contributed by atoms with van der Waals surface area (Å²) in [5.74, 6) is -1.12. The second-order valence-electron chi connectivity index (χ2n) is 5.29. The van der Waals surface area contributed by atoms with Gasteiger partial charge < -0.3 is 10.4 Å². The molecular weight excluding hydrogens is 278 g/mol. The van der Waals surface area contributed by atoms with E-state index in [0.29, 0.717) is 5.69 Å². The SMILES string of the molecule is CCC1(C(=O)Nc2ccc(Cl)c(C(=O)O)c2)CCCC1. The maximum absolute atomic E-state index is 12.4. The van der Waals surface area contributed by atoms with Gasteiger partial charge in [-0.3, -0.25) is 4.79 Å². The molecule has 0 unspecified atom stereocenters. The van der Waals surface area contributed by atoms with Crippen LogP contribution in [-0.2, 0) is 4.79 Å². The average molecular weight is 296 g/mol. The van der Waals surface area contributed by atoms with Gasteiger partial charge in [-0.25, -0.2) is 4.79 Å². The molecule has 20 heavy (non-hydrogen) atoms. The van der Waals surface area contributed by atoms with Crippen LogP contribution in [0.1, 0.15) is 49.4 Å². The van der Waals surface area contributed by atoms with Crippen molar-refractivity contribution in [1.82, 2.24) is 0 Å². The summed E-state index contributed by atoms with van der Waals surface area (Å²) in [4.78, 5) is 23.5. The van der Waals surface area contributed by atoms with Crippen LogP contribution in [0, 0.1) is 5.41 Å². The number of rotatable bonds is 4. The monoisotopic (exact) mass is 295 g/mol. The van der Waals surface area contributed by atoms with Crippen molar-refractivity contribution < 1.29 is 14.7 Å². The quantitative estimate of drug-likeness (QED) is 0.884. The van der Waals surface area contributed by atoms with E-state index in [4.69, 9.17) is 16.7 Å². The molecule has 1 aromatic rings. The highest BCUT2D eigenvalue weighted by Gasteiger charge is 2.39. The minimum Gasteiger partial charge on any atom is -0.478 e. The minimum atomic E-state index is -1.10. The van der Waals surface area contributed by atoms with E-state index in [0.717, 1.165) is 32.1 Å². The van der Waals surface area contributed by atoms with Gasteiger partial charge >= 0.3 is 5.97 Å². The first-order valence-corrected chi connectivity index (χ1v) is 7.20. The minimum absolute atomic E-state index is 0.00133. The molecule has 0 spiro atoms. The maximum atomic E-state index is 12.4. The van der Waals surface area contributed by atoms with Crippen LogP contribution in [0.2, 0.25) is 5.02 Å². The highest BCUT2D eigenvalue weighted by Crippen LogP contribution is 2.41. The van der Waals surface area contributed by atoms with Crippen LogP contribution in [-0.4, -0.2) is 17.0 Å². The van der Waals surface area contributed by atoms with Crippen LogP contribution < -0.4 is 5.32 Å². The zero-order chi connectivity index (χ0) is 14.8. The lowest BCUT2D eigenvalue weighted by molar-refractivity contribution is -0.125. The van der Waals surface area contributed by atoms with Gasteiger partial charge in [-0.05, 0) is 37.5 Å². The fourth-order valence-corrected chi connectivity index (χ4v) is 3.02. The summed E-state index contributed by atoms with van der Waals surface area (Å²) < 4.78 is 0. The van der Waals surface area contributed by atoms with Gasteiger partial charge in [-0.2, -0.15) is 0 Å². The Balaban J connectivity index is 2.19. The summed E-state index contributed by atoms with van der Waals surface area (Å²) in [5.41, 5.74) is 0.182. The average Bonchev–Trinajstić information content (AvgIpc) is 2.90. The molecule has 1 saturated carbocycles. The number of carboxylic acid groups (broad SMARTS) is 1. The van der Waals surface area contributed by atoms with Crippen molar-refractivity contribution in [2.45, 2.75) is 39.0 Å². The molecule has 1 aromatic carbocycles. The number of carbonyl (C=O) groups excluding carboxylic acids is 1. The van der Waals surface area contributed by atoms with Gasteiger partial charge in [0.25, 0.3) is 0 Å². The summed E-state index contributed by atoms with van der Waals surface area (Å²) >= 11 is 5.82. The second-order valence-corrected chi connectivity index (χ2v) is 5.70. The predicted octanol–water partition coefficient (Wildman–Crippen LogP) is 3.95. The number of anilines is 1. The molecule has 4 nitrogen and oxygen atoms in total. The molecule has 108 valence electrons. The van der Waals surface area contributed by atoms with Crippen LogP contribution in [0.5, 0.6) is 0 Å². The summed E-state index contributed by atoms with van der Waals surface area (Å²) in [6.07, 6.45) is 4.74. The van der Waals surface area contributed by atoms with E-state index >= 15 is 0 Å². The van der Waals surface area contributed by atoms with Crippen LogP contribution in [0.15, 0.2) is 18.2 Å². The Morgan fingerprint density at radius 2 is 2.00 bits per heavy atom. The van der Waals surface area contributed by atoms with Gasteiger partial charge in [0.2, 0.25) is 5.91 Å². The molecule has 2 N–H and O–H groups in total. The van der Waals surface area contributed by atoms with Gasteiger partial charge in [-0.15, -0.1) is 0 Å². The van der Waals surface area contributed by atoms with Crippen LogP contribution >= 0.6 is 11.6 Å². The van der Waals surface area contributed by atoms with E-state index in [-0.39, 0.29) is 21.9 Å². The Kier molecular flexibility index (Phi) is 4.33. The molecule has 0 atom stereocenters. The number of aromatic carboxylic acids is 1. The Labute approximate surface area is 123 Å². The van der Waals surface area contributed by atoms with Gasteiger partial charge in [0.05, 0.1) is 10.6 Å². The van der Waals surface area contributed by atoms with E-state index in [1.54, 1.807) is 6.07 Å². The second kappa shape index (κ2) is 5.83. The number of hydrogen-bond donors (Lipinski definition) is 2. The van der Waals surface area contributed by atoms with E-state index in [9.17, 15) is 9.59 Å². The smallest absolute Gasteiger partial charge is 0.337 e. The van der Waals surface area contributed by atoms with Gasteiger partial charge in [0, 0.05) is 11.1 Å².